The molecule has 0 aliphatic carbocycles. The Balaban J connectivity index is 2.02. The number of nitrogens with zero attached hydrogens (tertiary/aromatic N) is 2. The summed E-state index contributed by atoms with van der Waals surface area (Å²) in [5.74, 6) is 0. The number of anilines is 1. The first-order chi connectivity index (χ1) is 8.66. The van der Waals surface area contributed by atoms with Crippen molar-refractivity contribution in [1.29, 1.82) is 0 Å². The lowest BCUT2D eigenvalue weighted by Gasteiger charge is -2.36. The number of piperazine rings is 1. The molecule has 2 rings (SSSR count). The molecule has 0 unspecified atom stereocenters. The maximum absolute atomic E-state index is 11.9. The molecule has 0 saturated carbocycles. The van der Waals surface area contributed by atoms with Crippen LogP contribution in [-0.2, 0) is 0 Å². The second-order valence-corrected chi connectivity index (χ2v) is 4.80. The zero-order chi connectivity index (χ0) is 13.0. The van der Waals surface area contributed by atoms with Gasteiger partial charge in [0, 0.05) is 32.7 Å². The molecule has 4 nitrogen and oxygen atoms in total. The Morgan fingerprint density at radius 3 is 2.50 bits per heavy atom. The lowest BCUT2D eigenvalue weighted by molar-refractivity contribution is 0.122. The second-order valence-electron chi connectivity index (χ2n) is 4.80. The molecule has 1 aliphatic heterocycles. The monoisotopic (exact) mass is 248 g/mol. The Morgan fingerprint density at radius 1 is 1.17 bits per heavy atom. The van der Waals surface area contributed by atoms with Gasteiger partial charge >= 0.3 is 0 Å². The minimum atomic E-state index is -0.291. The Labute approximate surface area is 107 Å². The van der Waals surface area contributed by atoms with Crippen molar-refractivity contribution >= 4 is 5.69 Å². The minimum Gasteiger partial charge on any atom is -0.392 e. The van der Waals surface area contributed by atoms with E-state index in [4.69, 9.17) is 0 Å². The first kappa shape index (κ1) is 13.1. The molecule has 1 aromatic carbocycles. The van der Waals surface area contributed by atoms with Crippen LogP contribution in [-0.4, -0.2) is 48.8 Å². The van der Waals surface area contributed by atoms with Crippen LogP contribution in [0.15, 0.2) is 35.1 Å². The van der Waals surface area contributed by atoms with Crippen LogP contribution >= 0.6 is 0 Å². The van der Waals surface area contributed by atoms with E-state index in [0.717, 1.165) is 31.9 Å². The van der Waals surface area contributed by atoms with Gasteiger partial charge in [-0.15, -0.1) is 0 Å². The first-order valence-electron chi connectivity index (χ1n) is 6.41. The third kappa shape index (κ3) is 3.31. The third-order valence-electron chi connectivity index (χ3n) is 3.21. The van der Waals surface area contributed by atoms with Crippen molar-refractivity contribution in [3.05, 3.63) is 40.6 Å². The van der Waals surface area contributed by atoms with E-state index in [9.17, 15) is 9.90 Å². The van der Waals surface area contributed by atoms with Crippen LogP contribution in [0, 0.1) is 0 Å². The minimum absolute atomic E-state index is 0.0731. The number of β-amino-alcohol motifs (C(OH)–C–C–N with tert-alkyl or cyclic N) is 1. The van der Waals surface area contributed by atoms with Crippen molar-refractivity contribution in [1.82, 2.24) is 4.90 Å². The molecule has 4 heteroatoms. The van der Waals surface area contributed by atoms with Crippen LogP contribution in [0.2, 0.25) is 0 Å². The molecule has 1 aromatic rings. The number of aliphatic hydroxyl groups excluding tert-OH is 1. The fourth-order valence-electron chi connectivity index (χ4n) is 2.33. The molecule has 1 atom stereocenters. The normalized spacial score (nSPS) is 18.7. The van der Waals surface area contributed by atoms with Crippen LogP contribution in [0.3, 0.4) is 0 Å². The molecule has 0 amide bonds. The van der Waals surface area contributed by atoms with Crippen LogP contribution < -0.4 is 10.3 Å². The fraction of sp³-hybridized carbons (Fsp3) is 0.500. The van der Waals surface area contributed by atoms with E-state index in [1.54, 1.807) is 19.1 Å². The largest absolute Gasteiger partial charge is 0.392 e. The topological polar surface area (TPSA) is 43.8 Å². The van der Waals surface area contributed by atoms with E-state index < -0.39 is 0 Å². The highest BCUT2D eigenvalue weighted by atomic mass is 16.3. The molecule has 1 N–H and O–H groups in total. The quantitative estimate of drug-likeness (QED) is 0.848. The average molecular weight is 248 g/mol. The molecule has 1 heterocycles. The van der Waals surface area contributed by atoms with Crippen LogP contribution in [0.4, 0.5) is 5.69 Å². The van der Waals surface area contributed by atoms with Crippen molar-refractivity contribution in [2.75, 3.05) is 37.6 Å². The summed E-state index contributed by atoms with van der Waals surface area (Å²) in [6.45, 7) is 5.98. The Hall–Kier alpha value is -1.39. The lowest BCUT2D eigenvalue weighted by Crippen LogP contribution is -2.49. The second kappa shape index (κ2) is 5.98. The molecule has 0 bridgehead atoms. The van der Waals surface area contributed by atoms with Gasteiger partial charge in [0.2, 0.25) is 5.43 Å². The highest BCUT2D eigenvalue weighted by Gasteiger charge is 2.18. The van der Waals surface area contributed by atoms with Crippen molar-refractivity contribution in [2.45, 2.75) is 13.0 Å². The number of aliphatic hydroxyl groups is 1. The van der Waals surface area contributed by atoms with Gasteiger partial charge in [0.1, 0.15) is 0 Å². The predicted octanol–water partition coefficient (Wildman–Crippen LogP) is 0.550. The molecule has 1 fully saturated rings. The van der Waals surface area contributed by atoms with Crippen LogP contribution in [0.1, 0.15) is 6.92 Å². The average Bonchev–Trinajstić information content (AvgIpc) is 2.54. The number of rotatable bonds is 3. The predicted molar refractivity (Wildman–Crippen MR) is 73.0 cm³/mol. The fourth-order valence-corrected chi connectivity index (χ4v) is 2.33. The summed E-state index contributed by atoms with van der Waals surface area (Å²) in [4.78, 5) is 16.2. The molecular weight excluding hydrogens is 228 g/mol. The van der Waals surface area contributed by atoms with Gasteiger partial charge < -0.3 is 10.0 Å². The molecule has 0 aromatic heterocycles. The van der Waals surface area contributed by atoms with Crippen molar-refractivity contribution in [3.8, 4) is 0 Å². The Bertz CT molecular complexity index is 440. The SMILES string of the molecule is C[C@H](O)CN1CCN(c2cccccc2=O)CC1. The van der Waals surface area contributed by atoms with Gasteiger partial charge in [-0.05, 0) is 19.1 Å². The van der Waals surface area contributed by atoms with Gasteiger partial charge in [-0.25, -0.2) is 0 Å². The van der Waals surface area contributed by atoms with Crippen molar-refractivity contribution in [3.63, 3.8) is 0 Å². The van der Waals surface area contributed by atoms with Gasteiger partial charge in [0.15, 0.2) is 0 Å². The van der Waals surface area contributed by atoms with E-state index in [1.165, 1.54) is 0 Å². The standard InChI is InChI=1S/C14H20N2O2/c1-12(17)11-15-7-9-16(10-8-15)13-5-3-2-4-6-14(13)18/h2-6,12,17H,7-11H2,1H3/t12-/m0/s1. The lowest BCUT2D eigenvalue weighted by atomic mass is 10.2. The van der Waals surface area contributed by atoms with Gasteiger partial charge in [0.05, 0.1) is 11.8 Å². The Morgan fingerprint density at radius 2 is 1.83 bits per heavy atom. The van der Waals surface area contributed by atoms with Gasteiger partial charge in [-0.1, -0.05) is 18.2 Å². The summed E-state index contributed by atoms with van der Waals surface area (Å²) in [5, 5.41) is 9.36. The maximum atomic E-state index is 11.9. The summed E-state index contributed by atoms with van der Waals surface area (Å²) in [6, 6.07) is 9.03. The van der Waals surface area contributed by atoms with Crippen molar-refractivity contribution in [2.24, 2.45) is 0 Å². The smallest absolute Gasteiger partial charge is 0.201 e. The molecule has 98 valence electrons. The molecule has 1 aliphatic rings. The van der Waals surface area contributed by atoms with Gasteiger partial charge in [-0.2, -0.15) is 0 Å². The first-order valence-corrected chi connectivity index (χ1v) is 6.41. The zero-order valence-electron chi connectivity index (χ0n) is 10.7. The summed E-state index contributed by atoms with van der Waals surface area (Å²) in [7, 11) is 0. The summed E-state index contributed by atoms with van der Waals surface area (Å²) >= 11 is 0. The summed E-state index contributed by atoms with van der Waals surface area (Å²) in [5.41, 5.74) is 0.848. The van der Waals surface area contributed by atoms with E-state index >= 15 is 0 Å². The van der Waals surface area contributed by atoms with Crippen molar-refractivity contribution < 1.29 is 5.11 Å². The zero-order valence-corrected chi connectivity index (χ0v) is 10.7. The van der Waals surface area contributed by atoms with Gasteiger partial charge in [0.25, 0.3) is 0 Å². The highest BCUT2D eigenvalue weighted by Crippen LogP contribution is 2.11. The molecule has 0 spiro atoms. The summed E-state index contributed by atoms with van der Waals surface area (Å²) < 4.78 is 0. The molecule has 18 heavy (non-hydrogen) atoms. The molecule has 1 saturated heterocycles. The van der Waals surface area contributed by atoms with Crippen LogP contribution in [0.25, 0.3) is 0 Å². The Kier molecular flexibility index (Phi) is 4.33. The molecule has 0 radical (unpaired) electrons. The van der Waals surface area contributed by atoms with E-state index in [0.29, 0.717) is 6.54 Å². The maximum Gasteiger partial charge on any atom is 0.201 e. The highest BCUT2D eigenvalue weighted by molar-refractivity contribution is 5.45. The van der Waals surface area contributed by atoms with E-state index in [1.807, 2.05) is 18.2 Å². The molecular formula is C14H20N2O2. The summed E-state index contributed by atoms with van der Waals surface area (Å²) in [6.07, 6.45) is -0.291. The number of hydrogen-bond acceptors (Lipinski definition) is 4. The number of hydrogen-bond donors (Lipinski definition) is 1. The van der Waals surface area contributed by atoms with E-state index in [-0.39, 0.29) is 11.5 Å². The third-order valence-corrected chi connectivity index (χ3v) is 3.21. The van der Waals surface area contributed by atoms with Gasteiger partial charge in [-0.3, -0.25) is 9.69 Å². The van der Waals surface area contributed by atoms with E-state index in [2.05, 4.69) is 9.80 Å². The van der Waals surface area contributed by atoms with Crippen LogP contribution in [0.5, 0.6) is 0 Å².